The SMILES string of the molecule is Clc1cnc(C#Cc2ccccc2)c(Cl)c1. The predicted molar refractivity (Wildman–Crippen MR) is 66.7 cm³/mol. The summed E-state index contributed by atoms with van der Waals surface area (Å²) in [5, 5.41) is 0.978. The Morgan fingerprint density at radius 1 is 1.00 bits per heavy atom. The largest absolute Gasteiger partial charge is 0.245 e. The van der Waals surface area contributed by atoms with Gasteiger partial charge in [0.25, 0.3) is 0 Å². The highest BCUT2D eigenvalue weighted by Crippen LogP contribution is 2.17. The van der Waals surface area contributed by atoms with Crippen LogP contribution in [-0.2, 0) is 0 Å². The summed E-state index contributed by atoms with van der Waals surface area (Å²) in [6.07, 6.45) is 1.53. The van der Waals surface area contributed by atoms with Crippen LogP contribution in [0.2, 0.25) is 10.0 Å². The van der Waals surface area contributed by atoms with Crippen molar-refractivity contribution < 1.29 is 0 Å². The predicted octanol–water partition coefficient (Wildman–Crippen LogP) is 3.79. The lowest BCUT2D eigenvalue weighted by Gasteiger charge is -1.94. The molecule has 2 aromatic rings. The molecule has 1 heterocycles. The van der Waals surface area contributed by atoms with Crippen LogP contribution in [0, 0.1) is 11.8 Å². The number of hydrogen-bond acceptors (Lipinski definition) is 1. The fraction of sp³-hybridized carbons (Fsp3) is 0. The fourth-order valence-corrected chi connectivity index (χ4v) is 1.59. The number of pyridine rings is 1. The first-order chi connectivity index (χ1) is 7.75. The fourth-order valence-electron chi connectivity index (χ4n) is 1.16. The van der Waals surface area contributed by atoms with Crippen molar-refractivity contribution >= 4 is 23.2 Å². The van der Waals surface area contributed by atoms with E-state index in [0.29, 0.717) is 15.7 Å². The molecule has 3 heteroatoms. The van der Waals surface area contributed by atoms with Crippen molar-refractivity contribution in [3.05, 3.63) is 63.9 Å². The lowest BCUT2D eigenvalue weighted by Crippen LogP contribution is -1.83. The molecule has 0 atom stereocenters. The molecule has 78 valence electrons. The molecule has 16 heavy (non-hydrogen) atoms. The Hall–Kier alpha value is -1.49. The first kappa shape index (κ1) is 11.0. The minimum absolute atomic E-state index is 0.468. The number of rotatable bonds is 0. The summed E-state index contributed by atoms with van der Waals surface area (Å²) in [7, 11) is 0. The molecule has 1 aromatic carbocycles. The molecule has 0 aliphatic carbocycles. The molecule has 2 rings (SSSR count). The number of aromatic nitrogens is 1. The van der Waals surface area contributed by atoms with Crippen molar-refractivity contribution in [3.8, 4) is 11.8 Å². The number of nitrogens with zero attached hydrogens (tertiary/aromatic N) is 1. The van der Waals surface area contributed by atoms with Gasteiger partial charge in [0.15, 0.2) is 0 Å². The second-order valence-corrected chi connectivity index (χ2v) is 3.94. The molecule has 0 radical (unpaired) electrons. The molecule has 1 nitrogen and oxygen atoms in total. The van der Waals surface area contributed by atoms with Gasteiger partial charge >= 0.3 is 0 Å². The van der Waals surface area contributed by atoms with E-state index in [-0.39, 0.29) is 0 Å². The molecule has 0 aliphatic heterocycles. The van der Waals surface area contributed by atoms with E-state index in [1.807, 2.05) is 30.3 Å². The molecule has 0 aliphatic rings. The molecule has 1 aromatic heterocycles. The zero-order chi connectivity index (χ0) is 11.4. The van der Waals surface area contributed by atoms with Crippen LogP contribution in [0.15, 0.2) is 42.6 Å². The number of hydrogen-bond donors (Lipinski definition) is 0. The first-order valence-corrected chi connectivity index (χ1v) is 5.39. The maximum Gasteiger partial charge on any atom is 0.132 e. The van der Waals surface area contributed by atoms with Crippen LogP contribution in [-0.4, -0.2) is 4.98 Å². The third-order valence-corrected chi connectivity index (χ3v) is 2.40. The Labute approximate surface area is 104 Å². The molecule has 0 N–H and O–H groups in total. The summed E-state index contributed by atoms with van der Waals surface area (Å²) in [6, 6.07) is 11.3. The van der Waals surface area contributed by atoms with Crippen LogP contribution >= 0.6 is 23.2 Å². The maximum absolute atomic E-state index is 5.95. The minimum atomic E-state index is 0.468. The van der Waals surface area contributed by atoms with Crippen LogP contribution in [0.4, 0.5) is 0 Å². The highest BCUT2D eigenvalue weighted by Gasteiger charge is 1.98. The van der Waals surface area contributed by atoms with E-state index in [0.717, 1.165) is 5.56 Å². The van der Waals surface area contributed by atoms with E-state index >= 15 is 0 Å². The van der Waals surface area contributed by atoms with E-state index in [1.54, 1.807) is 6.07 Å². The van der Waals surface area contributed by atoms with Crippen molar-refractivity contribution in [2.45, 2.75) is 0 Å². The number of benzene rings is 1. The van der Waals surface area contributed by atoms with Gasteiger partial charge in [-0.1, -0.05) is 47.3 Å². The quantitative estimate of drug-likeness (QED) is 0.646. The summed E-state index contributed by atoms with van der Waals surface area (Å²) in [6.45, 7) is 0. The lowest BCUT2D eigenvalue weighted by molar-refractivity contribution is 1.29. The summed E-state index contributed by atoms with van der Waals surface area (Å²) >= 11 is 11.7. The van der Waals surface area contributed by atoms with Crippen molar-refractivity contribution in [1.29, 1.82) is 0 Å². The second kappa shape index (κ2) is 5.03. The van der Waals surface area contributed by atoms with Gasteiger partial charge in [-0.15, -0.1) is 0 Å². The van der Waals surface area contributed by atoms with Crippen LogP contribution in [0.1, 0.15) is 11.3 Å². The molecule has 0 amide bonds. The Balaban J connectivity index is 2.31. The van der Waals surface area contributed by atoms with Gasteiger partial charge in [0.05, 0.1) is 10.0 Å². The van der Waals surface area contributed by atoms with Gasteiger partial charge in [-0.05, 0) is 24.1 Å². The van der Waals surface area contributed by atoms with E-state index in [4.69, 9.17) is 23.2 Å². The molecular formula is C13H7Cl2N. The average Bonchev–Trinajstić information content (AvgIpc) is 2.29. The van der Waals surface area contributed by atoms with E-state index < -0.39 is 0 Å². The van der Waals surface area contributed by atoms with Crippen molar-refractivity contribution in [2.75, 3.05) is 0 Å². The Morgan fingerprint density at radius 3 is 2.44 bits per heavy atom. The van der Waals surface area contributed by atoms with Crippen LogP contribution in [0.5, 0.6) is 0 Å². The molecule has 0 unspecified atom stereocenters. The van der Waals surface area contributed by atoms with Crippen molar-refractivity contribution in [3.63, 3.8) is 0 Å². The van der Waals surface area contributed by atoms with Gasteiger partial charge in [0.2, 0.25) is 0 Å². The van der Waals surface area contributed by atoms with E-state index in [2.05, 4.69) is 16.8 Å². The van der Waals surface area contributed by atoms with Gasteiger partial charge in [0, 0.05) is 11.8 Å². The van der Waals surface area contributed by atoms with Gasteiger partial charge in [0.1, 0.15) is 5.69 Å². The van der Waals surface area contributed by atoms with Crippen LogP contribution in [0.25, 0.3) is 0 Å². The lowest BCUT2D eigenvalue weighted by atomic mass is 10.2. The van der Waals surface area contributed by atoms with E-state index in [1.165, 1.54) is 6.20 Å². The van der Waals surface area contributed by atoms with Gasteiger partial charge in [-0.2, -0.15) is 0 Å². The number of halogens is 2. The average molecular weight is 248 g/mol. The zero-order valence-corrected chi connectivity index (χ0v) is 9.76. The molecule has 0 saturated carbocycles. The molecule has 0 saturated heterocycles. The summed E-state index contributed by atoms with van der Waals surface area (Å²) in [4.78, 5) is 4.06. The first-order valence-electron chi connectivity index (χ1n) is 4.64. The topological polar surface area (TPSA) is 12.9 Å². The molecule has 0 bridgehead atoms. The molecule has 0 spiro atoms. The van der Waals surface area contributed by atoms with Crippen LogP contribution in [0.3, 0.4) is 0 Å². The summed E-state index contributed by atoms with van der Waals surface area (Å²) in [5.74, 6) is 5.89. The van der Waals surface area contributed by atoms with Gasteiger partial charge < -0.3 is 0 Å². The van der Waals surface area contributed by atoms with E-state index in [9.17, 15) is 0 Å². The van der Waals surface area contributed by atoms with Gasteiger partial charge in [-0.3, -0.25) is 0 Å². The second-order valence-electron chi connectivity index (χ2n) is 3.10. The highest BCUT2D eigenvalue weighted by molar-refractivity contribution is 6.35. The Bertz CT molecular complexity index is 553. The Morgan fingerprint density at radius 2 is 1.75 bits per heavy atom. The third-order valence-electron chi connectivity index (χ3n) is 1.91. The normalized spacial score (nSPS) is 9.38. The van der Waals surface area contributed by atoms with Crippen LogP contribution < -0.4 is 0 Å². The smallest absolute Gasteiger partial charge is 0.132 e. The van der Waals surface area contributed by atoms with Crippen molar-refractivity contribution in [2.24, 2.45) is 0 Å². The molecule has 0 fully saturated rings. The maximum atomic E-state index is 5.95. The zero-order valence-electron chi connectivity index (χ0n) is 8.24. The van der Waals surface area contributed by atoms with Gasteiger partial charge in [-0.25, -0.2) is 4.98 Å². The molecular weight excluding hydrogens is 241 g/mol. The minimum Gasteiger partial charge on any atom is -0.245 e. The highest BCUT2D eigenvalue weighted by atomic mass is 35.5. The Kier molecular flexibility index (Phi) is 3.46. The summed E-state index contributed by atoms with van der Waals surface area (Å²) in [5.41, 5.74) is 1.46. The van der Waals surface area contributed by atoms with Crippen molar-refractivity contribution in [1.82, 2.24) is 4.98 Å². The standard InChI is InChI=1S/C13H7Cl2N/c14-11-8-12(15)13(16-9-11)7-6-10-4-2-1-3-5-10/h1-5,8-9H. The third kappa shape index (κ3) is 2.76. The summed E-state index contributed by atoms with van der Waals surface area (Å²) < 4.78 is 0. The monoisotopic (exact) mass is 247 g/mol.